The zero-order valence-corrected chi connectivity index (χ0v) is 12.1. The smallest absolute Gasteiger partial charge is 0.106 e. The summed E-state index contributed by atoms with van der Waals surface area (Å²) in [6.45, 7) is 0.754. The summed E-state index contributed by atoms with van der Waals surface area (Å²) in [6.07, 6.45) is 6.04. The van der Waals surface area contributed by atoms with Gasteiger partial charge < -0.3 is 10.7 Å². The normalized spacial score (nSPS) is 10.9. The van der Waals surface area contributed by atoms with E-state index in [0.717, 1.165) is 49.3 Å². The van der Waals surface area contributed by atoms with Crippen LogP contribution in [0.2, 0.25) is 10.0 Å². The highest BCUT2D eigenvalue weighted by Crippen LogP contribution is 2.29. The number of aromatic amines is 1. The lowest BCUT2D eigenvalue weighted by Gasteiger charge is -2.01. The lowest BCUT2D eigenvalue weighted by molar-refractivity contribution is 0.673. The molecule has 1 aromatic heterocycles. The molecule has 0 fully saturated rings. The molecule has 19 heavy (non-hydrogen) atoms. The maximum absolute atomic E-state index is 6.17. The summed E-state index contributed by atoms with van der Waals surface area (Å²) in [5.41, 5.74) is 7.32. The molecule has 0 spiro atoms. The maximum Gasteiger partial charge on any atom is 0.106 e. The number of H-pyrrole nitrogens is 1. The summed E-state index contributed by atoms with van der Waals surface area (Å²) in [7, 11) is 0. The molecule has 102 valence electrons. The zero-order valence-electron chi connectivity index (χ0n) is 10.6. The van der Waals surface area contributed by atoms with Gasteiger partial charge in [0.25, 0.3) is 0 Å². The van der Waals surface area contributed by atoms with Crippen LogP contribution < -0.4 is 5.73 Å². The Bertz CT molecular complexity index is 537. The Morgan fingerprint density at radius 1 is 1.16 bits per heavy atom. The van der Waals surface area contributed by atoms with Crippen LogP contribution in [0.3, 0.4) is 0 Å². The maximum atomic E-state index is 6.17. The van der Waals surface area contributed by atoms with Crippen LogP contribution in [0, 0.1) is 0 Å². The van der Waals surface area contributed by atoms with E-state index in [1.54, 1.807) is 6.07 Å². The SMILES string of the molecule is NCCCCCc1ncc(-c2ccc(Cl)cc2Cl)[nH]1. The second kappa shape index (κ2) is 6.94. The number of nitrogens with two attached hydrogens (primary N) is 1. The average Bonchev–Trinajstić information content (AvgIpc) is 2.83. The highest BCUT2D eigenvalue weighted by molar-refractivity contribution is 6.36. The van der Waals surface area contributed by atoms with Crippen LogP contribution in [0.1, 0.15) is 25.1 Å². The molecule has 0 unspecified atom stereocenters. The molecule has 1 heterocycles. The first-order valence-electron chi connectivity index (χ1n) is 6.40. The number of aromatic nitrogens is 2. The first-order valence-corrected chi connectivity index (χ1v) is 7.15. The van der Waals surface area contributed by atoms with Gasteiger partial charge in [0.2, 0.25) is 0 Å². The fourth-order valence-corrected chi connectivity index (χ4v) is 2.46. The van der Waals surface area contributed by atoms with Gasteiger partial charge in [0, 0.05) is 17.0 Å². The number of halogens is 2. The summed E-state index contributed by atoms with van der Waals surface area (Å²) in [5.74, 6) is 0.984. The molecule has 3 N–H and O–H groups in total. The van der Waals surface area contributed by atoms with Crippen molar-refractivity contribution in [1.29, 1.82) is 0 Å². The van der Waals surface area contributed by atoms with Crippen LogP contribution in [-0.4, -0.2) is 16.5 Å². The van der Waals surface area contributed by atoms with Gasteiger partial charge in [-0.05, 0) is 37.6 Å². The van der Waals surface area contributed by atoms with Gasteiger partial charge in [-0.3, -0.25) is 0 Å². The molecule has 0 atom stereocenters. The summed E-state index contributed by atoms with van der Waals surface area (Å²) < 4.78 is 0. The van der Waals surface area contributed by atoms with Crippen molar-refractivity contribution in [2.75, 3.05) is 6.54 Å². The van der Waals surface area contributed by atoms with Gasteiger partial charge in [-0.1, -0.05) is 29.6 Å². The third kappa shape index (κ3) is 3.96. The molecular formula is C14H17Cl2N3. The van der Waals surface area contributed by atoms with Crippen LogP contribution >= 0.6 is 23.2 Å². The van der Waals surface area contributed by atoms with Gasteiger partial charge in [0.1, 0.15) is 5.82 Å². The minimum Gasteiger partial charge on any atom is -0.342 e. The van der Waals surface area contributed by atoms with Crippen LogP contribution in [-0.2, 0) is 6.42 Å². The number of aryl methyl sites for hydroxylation is 1. The zero-order chi connectivity index (χ0) is 13.7. The van der Waals surface area contributed by atoms with E-state index in [1.165, 1.54) is 0 Å². The van der Waals surface area contributed by atoms with Gasteiger partial charge in [-0.25, -0.2) is 4.98 Å². The number of nitrogens with one attached hydrogen (secondary N) is 1. The Morgan fingerprint density at radius 2 is 2.00 bits per heavy atom. The van der Waals surface area contributed by atoms with E-state index in [4.69, 9.17) is 28.9 Å². The second-order valence-electron chi connectivity index (χ2n) is 4.47. The standard InChI is InChI=1S/C14H17Cl2N3/c15-10-5-6-11(12(16)8-10)13-9-18-14(19-13)4-2-1-3-7-17/h5-6,8-9H,1-4,7,17H2,(H,18,19). The molecule has 2 aromatic rings. The highest BCUT2D eigenvalue weighted by atomic mass is 35.5. The lowest BCUT2D eigenvalue weighted by Crippen LogP contribution is -1.98. The molecule has 5 heteroatoms. The molecule has 0 aliphatic rings. The van der Waals surface area contributed by atoms with Crippen molar-refractivity contribution in [1.82, 2.24) is 9.97 Å². The first-order chi connectivity index (χ1) is 9.20. The van der Waals surface area contributed by atoms with Crippen molar-refractivity contribution < 1.29 is 0 Å². The number of hydrogen-bond donors (Lipinski definition) is 2. The molecule has 1 aromatic carbocycles. The molecule has 0 bridgehead atoms. The van der Waals surface area contributed by atoms with E-state index < -0.39 is 0 Å². The summed E-state index contributed by atoms with van der Waals surface area (Å²) in [5, 5.41) is 1.26. The quantitative estimate of drug-likeness (QED) is 0.790. The predicted molar refractivity (Wildman–Crippen MR) is 80.7 cm³/mol. The fourth-order valence-electron chi connectivity index (χ4n) is 1.95. The Balaban J connectivity index is 2.04. The van der Waals surface area contributed by atoms with E-state index in [0.29, 0.717) is 10.0 Å². The van der Waals surface area contributed by atoms with Crippen molar-refractivity contribution in [3.8, 4) is 11.3 Å². The highest BCUT2D eigenvalue weighted by Gasteiger charge is 2.07. The van der Waals surface area contributed by atoms with Gasteiger partial charge in [0.15, 0.2) is 0 Å². The van der Waals surface area contributed by atoms with E-state index in [2.05, 4.69) is 9.97 Å². The third-order valence-corrected chi connectivity index (χ3v) is 3.52. The molecule has 0 aliphatic heterocycles. The third-order valence-electron chi connectivity index (χ3n) is 2.97. The lowest BCUT2D eigenvalue weighted by atomic mass is 10.2. The largest absolute Gasteiger partial charge is 0.342 e. The summed E-state index contributed by atoms with van der Waals surface area (Å²) in [6, 6.07) is 5.46. The van der Waals surface area contributed by atoms with Crippen molar-refractivity contribution in [3.05, 3.63) is 40.3 Å². The van der Waals surface area contributed by atoms with Gasteiger partial charge >= 0.3 is 0 Å². The Labute approximate surface area is 123 Å². The molecule has 3 nitrogen and oxygen atoms in total. The fraction of sp³-hybridized carbons (Fsp3) is 0.357. The molecule has 0 saturated heterocycles. The van der Waals surface area contributed by atoms with Gasteiger partial charge in [-0.2, -0.15) is 0 Å². The molecule has 0 amide bonds. The Kier molecular flexibility index (Phi) is 5.25. The van der Waals surface area contributed by atoms with Gasteiger partial charge in [0.05, 0.1) is 16.9 Å². The number of rotatable bonds is 6. The van der Waals surface area contributed by atoms with Crippen molar-refractivity contribution in [3.63, 3.8) is 0 Å². The monoisotopic (exact) mass is 297 g/mol. The summed E-state index contributed by atoms with van der Waals surface area (Å²) >= 11 is 12.1. The minimum absolute atomic E-state index is 0.630. The molecular weight excluding hydrogens is 281 g/mol. The molecule has 2 rings (SSSR count). The van der Waals surface area contributed by atoms with Crippen molar-refractivity contribution >= 4 is 23.2 Å². The molecule has 0 saturated carbocycles. The number of benzene rings is 1. The topological polar surface area (TPSA) is 54.7 Å². The number of hydrogen-bond acceptors (Lipinski definition) is 2. The van der Waals surface area contributed by atoms with Crippen LogP contribution in [0.4, 0.5) is 0 Å². The van der Waals surface area contributed by atoms with E-state index in [-0.39, 0.29) is 0 Å². The van der Waals surface area contributed by atoms with E-state index >= 15 is 0 Å². The van der Waals surface area contributed by atoms with Crippen molar-refractivity contribution in [2.24, 2.45) is 5.73 Å². The Hall–Kier alpha value is -1.03. The average molecular weight is 298 g/mol. The van der Waals surface area contributed by atoms with Gasteiger partial charge in [-0.15, -0.1) is 0 Å². The Morgan fingerprint density at radius 3 is 2.74 bits per heavy atom. The van der Waals surface area contributed by atoms with Crippen molar-refractivity contribution in [2.45, 2.75) is 25.7 Å². The molecule has 0 aliphatic carbocycles. The number of unbranched alkanes of at least 4 members (excludes halogenated alkanes) is 2. The predicted octanol–water partition coefficient (Wildman–Crippen LogP) is 4.06. The van der Waals surface area contributed by atoms with E-state index in [9.17, 15) is 0 Å². The second-order valence-corrected chi connectivity index (χ2v) is 5.31. The summed E-state index contributed by atoms with van der Waals surface area (Å²) in [4.78, 5) is 7.67. The van der Waals surface area contributed by atoms with E-state index in [1.807, 2.05) is 18.3 Å². The minimum atomic E-state index is 0.630. The number of imidazole rings is 1. The first kappa shape index (κ1) is 14.4. The van der Waals surface area contributed by atoms with Crippen LogP contribution in [0.25, 0.3) is 11.3 Å². The van der Waals surface area contributed by atoms with Crippen LogP contribution in [0.5, 0.6) is 0 Å². The molecule has 0 radical (unpaired) electrons. The number of nitrogens with zero attached hydrogens (tertiary/aromatic N) is 1. The van der Waals surface area contributed by atoms with Crippen LogP contribution in [0.15, 0.2) is 24.4 Å².